The lowest BCUT2D eigenvalue weighted by atomic mass is 10.1. The molecule has 0 aliphatic carbocycles. The average molecular weight is 264 g/mol. The quantitative estimate of drug-likeness (QED) is 0.737. The molecule has 104 valence electrons. The van der Waals surface area contributed by atoms with Gasteiger partial charge < -0.3 is 15.7 Å². The molecule has 0 heterocycles. The normalized spacial score (nSPS) is 10.9. The van der Waals surface area contributed by atoms with E-state index in [1.165, 1.54) is 6.92 Å². The third-order valence-corrected chi connectivity index (χ3v) is 2.60. The van der Waals surface area contributed by atoms with Crippen LogP contribution >= 0.6 is 0 Å². The van der Waals surface area contributed by atoms with Gasteiger partial charge in [0.25, 0.3) is 5.91 Å². The Morgan fingerprint density at radius 1 is 1.21 bits per heavy atom. The van der Waals surface area contributed by atoms with Crippen molar-refractivity contribution in [3.05, 3.63) is 35.4 Å². The van der Waals surface area contributed by atoms with Crippen LogP contribution in [0.4, 0.5) is 0 Å². The van der Waals surface area contributed by atoms with E-state index in [9.17, 15) is 9.59 Å². The van der Waals surface area contributed by atoms with Crippen molar-refractivity contribution in [3.8, 4) is 0 Å². The van der Waals surface area contributed by atoms with Crippen molar-refractivity contribution in [2.45, 2.75) is 32.9 Å². The minimum absolute atomic E-state index is 0.0912. The molecule has 0 fully saturated rings. The maximum Gasteiger partial charge on any atom is 0.251 e. The first-order valence-electron chi connectivity index (χ1n) is 6.11. The summed E-state index contributed by atoms with van der Waals surface area (Å²) in [6.45, 7) is 5.27. The van der Waals surface area contributed by atoms with Gasteiger partial charge in [0, 0.05) is 19.0 Å². The van der Waals surface area contributed by atoms with Crippen molar-refractivity contribution in [1.29, 1.82) is 0 Å². The predicted octanol–water partition coefficient (Wildman–Crippen LogP) is 0.823. The summed E-state index contributed by atoms with van der Waals surface area (Å²) in [4.78, 5) is 22.7. The van der Waals surface area contributed by atoms with Crippen molar-refractivity contribution < 1.29 is 14.7 Å². The fourth-order valence-electron chi connectivity index (χ4n) is 1.42. The number of benzene rings is 1. The lowest BCUT2D eigenvalue weighted by Gasteiger charge is -2.23. The van der Waals surface area contributed by atoms with Gasteiger partial charge in [-0.25, -0.2) is 0 Å². The van der Waals surface area contributed by atoms with Gasteiger partial charge in [0.1, 0.15) is 0 Å². The molecule has 0 spiro atoms. The van der Waals surface area contributed by atoms with E-state index in [2.05, 4.69) is 10.6 Å². The monoisotopic (exact) mass is 264 g/mol. The summed E-state index contributed by atoms with van der Waals surface area (Å²) >= 11 is 0. The highest BCUT2D eigenvalue weighted by Crippen LogP contribution is 2.07. The number of hydrogen-bond donors (Lipinski definition) is 3. The Morgan fingerprint density at radius 2 is 1.79 bits per heavy atom. The Bertz CT molecular complexity index is 452. The van der Waals surface area contributed by atoms with Crippen LogP contribution in [0.3, 0.4) is 0 Å². The van der Waals surface area contributed by atoms with Gasteiger partial charge in [-0.05, 0) is 31.5 Å². The molecule has 0 aliphatic rings. The van der Waals surface area contributed by atoms with Gasteiger partial charge in [-0.1, -0.05) is 12.1 Å². The molecular weight excluding hydrogens is 244 g/mol. The fraction of sp³-hybridized carbons (Fsp3) is 0.429. The number of carbonyl (C=O) groups excluding carboxylic acids is 2. The number of hydrogen-bond acceptors (Lipinski definition) is 3. The van der Waals surface area contributed by atoms with Crippen molar-refractivity contribution in [3.63, 3.8) is 0 Å². The zero-order valence-electron chi connectivity index (χ0n) is 11.5. The number of nitrogens with one attached hydrogen (secondary N) is 2. The molecule has 0 aromatic heterocycles. The summed E-state index contributed by atoms with van der Waals surface area (Å²) in [6, 6.07) is 6.97. The summed E-state index contributed by atoms with van der Waals surface area (Å²) in [5, 5.41) is 14.5. The first-order valence-corrected chi connectivity index (χ1v) is 6.11. The predicted molar refractivity (Wildman–Crippen MR) is 72.6 cm³/mol. The fourth-order valence-corrected chi connectivity index (χ4v) is 1.42. The Labute approximate surface area is 113 Å². The second-order valence-corrected chi connectivity index (χ2v) is 5.10. The highest BCUT2D eigenvalue weighted by molar-refractivity contribution is 5.94. The molecule has 0 atom stereocenters. The van der Waals surface area contributed by atoms with E-state index in [0.29, 0.717) is 12.1 Å². The van der Waals surface area contributed by atoms with Gasteiger partial charge in [-0.3, -0.25) is 9.59 Å². The lowest BCUT2D eigenvalue weighted by Crippen LogP contribution is -2.46. The molecule has 0 aliphatic heterocycles. The van der Waals surface area contributed by atoms with Crippen molar-refractivity contribution >= 4 is 11.8 Å². The SMILES string of the molecule is CC(=O)NCc1ccc(C(=O)NC(C)(C)CO)cc1. The van der Waals surface area contributed by atoms with E-state index >= 15 is 0 Å². The Hall–Kier alpha value is -1.88. The second kappa shape index (κ2) is 6.33. The van der Waals surface area contributed by atoms with Crippen molar-refractivity contribution in [2.24, 2.45) is 0 Å². The van der Waals surface area contributed by atoms with E-state index in [0.717, 1.165) is 5.56 Å². The topological polar surface area (TPSA) is 78.4 Å². The maximum atomic E-state index is 11.9. The minimum Gasteiger partial charge on any atom is -0.394 e. The Kier molecular flexibility index (Phi) is 5.06. The summed E-state index contributed by atoms with van der Waals surface area (Å²) in [7, 11) is 0. The number of aliphatic hydroxyl groups is 1. The van der Waals surface area contributed by atoms with E-state index < -0.39 is 5.54 Å². The number of aliphatic hydroxyl groups excluding tert-OH is 1. The van der Waals surface area contributed by atoms with Crippen LogP contribution in [0.1, 0.15) is 36.7 Å². The molecule has 0 saturated heterocycles. The summed E-state index contributed by atoms with van der Waals surface area (Å²) in [5.74, 6) is -0.323. The van der Waals surface area contributed by atoms with Gasteiger partial charge in [-0.15, -0.1) is 0 Å². The standard InChI is InChI=1S/C14H20N2O3/c1-10(18)15-8-11-4-6-12(7-5-11)13(19)16-14(2,3)9-17/h4-7,17H,8-9H2,1-3H3,(H,15,18)(H,16,19). The summed E-state index contributed by atoms with van der Waals surface area (Å²) in [6.07, 6.45) is 0. The molecule has 2 amide bonds. The molecule has 0 radical (unpaired) electrons. The Balaban J connectivity index is 2.65. The smallest absolute Gasteiger partial charge is 0.251 e. The van der Waals surface area contributed by atoms with Crippen molar-refractivity contribution in [2.75, 3.05) is 6.61 Å². The lowest BCUT2D eigenvalue weighted by molar-refractivity contribution is -0.119. The Morgan fingerprint density at radius 3 is 2.26 bits per heavy atom. The van der Waals surface area contributed by atoms with Crippen LogP contribution in [0, 0.1) is 0 Å². The third-order valence-electron chi connectivity index (χ3n) is 2.60. The third kappa shape index (κ3) is 5.09. The van der Waals surface area contributed by atoms with Crippen LogP contribution in [0.5, 0.6) is 0 Å². The van der Waals surface area contributed by atoms with E-state index in [1.807, 2.05) is 0 Å². The molecule has 5 heteroatoms. The maximum absolute atomic E-state index is 11.9. The first-order chi connectivity index (χ1) is 8.84. The van der Waals surface area contributed by atoms with Gasteiger partial charge >= 0.3 is 0 Å². The first kappa shape index (κ1) is 15.2. The molecule has 19 heavy (non-hydrogen) atoms. The van der Waals surface area contributed by atoms with Crippen LogP contribution in [-0.2, 0) is 11.3 Å². The molecule has 5 nitrogen and oxygen atoms in total. The zero-order valence-corrected chi connectivity index (χ0v) is 11.5. The van der Waals surface area contributed by atoms with Gasteiger partial charge in [0.2, 0.25) is 5.91 Å². The highest BCUT2D eigenvalue weighted by Gasteiger charge is 2.19. The van der Waals surface area contributed by atoms with Crippen LogP contribution in [0.2, 0.25) is 0 Å². The molecule has 1 rings (SSSR count). The summed E-state index contributed by atoms with van der Waals surface area (Å²) < 4.78 is 0. The van der Waals surface area contributed by atoms with E-state index in [1.54, 1.807) is 38.1 Å². The summed E-state index contributed by atoms with van der Waals surface area (Å²) in [5.41, 5.74) is 0.799. The average Bonchev–Trinajstić information content (AvgIpc) is 2.36. The molecular formula is C14H20N2O3. The van der Waals surface area contributed by atoms with E-state index in [4.69, 9.17) is 5.11 Å². The number of carbonyl (C=O) groups is 2. The highest BCUT2D eigenvalue weighted by atomic mass is 16.3. The molecule has 0 saturated carbocycles. The number of amides is 2. The van der Waals surface area contributed by atoms with Gasteiger partial charge in [0.15, 0.2) is 0 Å². The molecule has 3 N–H and O–H groups in total. The van der Waals surface area contributed by atoms with Gasteiger partial charge in [0.05, 0.1) is 12.1 Å². The molecule has 0 bridgehead atoms. The zero-order chi connectivity index (χ0) is 14.5. The number of rotatable bonds is 5. The molecule has 1 aromatic rings. The molecule has 0 unspecified atom stereocenters. The second-order valence-electron chi connectivity index (χ2n) is 5.10. The minimum atomic E-state index is -0.647. The largest absolute Gasteiger partial charge is 0.394 e. The van der Waals surface area contributed by atoms with Crippen LogP contribution in [-0.4, -0.2) is 29.1 Å². The van der Waals surface area contributed by atoms with E-state index in [-0.39, 0.29) is 18.4 Å². The van der Waals surface area contributed by atoms with Crippen LogP contribution < -0.4 is 10.6 Å². The van der Waals surface area contributed by atoms with Gasteiger partial charge in [-0.2, -0.15) is 0 Å². The van der Waals surface area contributed by atoms with Crippen LogP contribution in [0.15, 0.2) is 24.3 Å². The van der Waals surface area contributed by atoms with Crippen LogP contribution in [0.25, 0.3) is 0 Å². The molecule has 1 aromatic carbocycles. The van der Waals surface area contributed by atoms with Crippen molar-refractivity contribution in [1.82, 2.24) is 10.6 Å².